The van der Waals surface area contributed by atoms with Crippen LogP contribution < -0.4 is 4.72 Å². The third-order valence-electron chi connectivity index (χ3n) is 3.12. The van der Waals surface area contributed by atoms with Gasteiger partial charge in [0, 0.05) is 32.4 Å². The van der Waals surface area contributed by atoms with Crippen LogP contribution in [0.4, 0.5) is 0 Å². The normalized spacial score (nSPS) is 11.7. The molecule has 0 aliphatic rings. The van der Waals surface area contributed by atoms with Crippen LogP contribution in [0.5, 0.6) is 0 Å². The smallest absolute Gasteiger partial charge is 0.240 e. The van der Waals surface area contributed by atoms with Gasteiger partial charge < -0.3 is 4.57 Å². The molecule has 0 aliphatic carbocycles. The molecule has 0 bridgehead atoms. The summed E-state index contributed by atoms with van der Waals surface area (Å²) in [6.07, 6.45) is 5.09. The Kier molecular flexibility index (Phi) is 4.57. The lowest BCUT2D eigenvalue weighted by Crippen LogP contribution is -2.25. The second kappa shape index (κ2) is 6.19. The topological polar surface area (TPSA) is 64.0 Å². The number of nitrogens with zero attached hydrogens (tertiary/aromatic N) is 2. The fourth-order valence-electron chi connectivity index (χ4n) is 1.89. The van der Waals surface area contributed by atoms with Crippen molar-refractivity contribution in [1.29, 1.82) is 0 Å². The van der Waals surface area contributed by atoms with Crippen molar-refractivity contribution in [2.24, 2.45) is 7.05 Å². The molecule has 1 heterocycles. The summed E-state index contributed by atoms with van der Waals surface area (Å²) in [6.45, 7) is 2.33. The van der Waals surface area contributed by atoms with E-state index in [1.165, 1.54) is 0 Å². The van der Waals surface area contributed by atoms with Gasteiger partial charge in [0.05, 0.1) is 4.90 Å². The summed E-state index contributed by atoms with van der Waals surface area (Å²) in [5, 5.41) is 0. The van der Waals surface area contributed by atoms with Gasteiger partial charge in [-0.1, -0.05) is 17.7 Å². The first kappa shape index (κ1) is 14.7. The van der Waals surface area contributed by atoms with E-state index in [9.17, 15) is 8.42 Å². The van der Waals surface area contributed by atoms with E-state index >= 15 is 0 Å². The lowest BCUT2D eigenvalue weighted by molar-refractivity contribution is 0.577. The quantitative estimate of drug-likeness (QED) is 0.824. The van der Waals surface area contributed by atoms with E-state index < -0.39 is 10.0 Å². The van der Waals surface area contributed by atoms with E-state index in [1.807, 2.05) is 24.7 Å². The van der Waals surface area contributed by atoms with Crippen LogP contribution in [-0.2, 0) is 23.5 Å². The summed E-state index contributed by atoms with van der Waals surface area (Å²) in [5.41, 5.74) is 1.04. The molecule has 0 radical (unpaired) electrons. The van der Waals surface area contributed by atoms with Crippen LogP contribution in [0.25, 0.3) is 0 Å². The molecule has 0 atom stereocenters. The van der Waals surface area contributed by atoms with E-state index in [0.717, 1.165) is 24.2 Å². The standard InChI is InChI=1S/C14H19N3O2S/c1-12-5-7-13(8-6-12)20(18,19)16-9-3-4-14-15-10-11-17(14)2/h5-8,10-11,16H,3-4,9H2,1-2H3. The van der Waals surface area contributed by atoms with Gasteiger partial charge in [-0.05, 0) is 25.5 Å². The number of imidazole rings is 1. The summed E-state index contributed by atoms with van der Waals surface area (Å²) < 4.78 is 28.6. The monoisotopic (exact) mass is 293 g/mol. The van der Waals surface area contributed by atoms with Gasteiger partial charge in [-0.3, -0.25) is 0 Å². The van der Waals surface area contributed by atoms with Gasteiger partial charge in [-0.15, -0.1) is 0 Å². The number of aryl methyl sites for hydroxylation is 3. The summed E-state index contributed by atoms with van der Waals surface area (Å²) in [4.78, 5) is 4.51. The highest BCUT2D eigenvalue weighted by molar-refractivity contribution is 7.89. The molecular formula is C14H19N3O2S. The molecule has 0 amide bonds. The molecule has 0 aliphatic heterocycles. The zero-order valence-corrected chi connectivity index (χ0v) is 12.5. The van der Waals surface area contributed by atoms with Gasteiger partial charge in [0.15, 0.2) is 0 Å². The largest absolute Gasteiger partial charge is 0.338 e. The van der Waals surface area contributed by atoms with E-state index in [0.29, 0.717) is 11.4 Å². The van der Waals surface area contributed by atoms with Crippen molar-refractivity contribution in [2.45, 2.75) is 24.7 Å². The molecule has 0 spiro atoms. The second-order valence-electron chi connectivity index (χ2n) is 4.77. The maximum Gasteiger partial charge on any atom is 0.240 e. The van der Waals surface area contributed by atoms with Crippen molar-refractivity contribution in [3.05, 3.63) is 48.0 Å². The van der Waals surface area contributed by atoms with Gasteiger partial charge in [0.2, 0.25) is 10.0 Å². The van der Waals surface area contributed by atoms with E-state index in [4.69, 9.17) is 0 Å². The fraction of sp³-hybridized carbons (Fsp3) is 0.357. The average Bonchev–Trinajstić information content (AvgIpc) is 2.81. The Morgan fingerprint density at radius 2 is 1.95 bits per heavy atom. The Balaban J connectivity index is 1.87. The van der Waals surface area contributed by atoms with E-state index in [-0.39, 0.29) is 0 Å². The lowest BCUT2D eigenvalue weighted by Gasteiger charge is -2.07. The summed E-state index contributed by atoms with van der Waals surface area (Å²) in [5.74, 6) is 0.958. The highest BCUT2D eigenvalue weighted by Gasteiger charge is 2.12. The third-order valence-corrected chi connectivity index (χ3v) is 4.60. The summed E-state index contributed by atoms with van der Waals surface area (Å²) in [7, 11) is -1.48. The molecule has 6 heteroatoms. The molecular weight excluding hydrogens is 274 g/mol. The van der Waals surface area contributed by atoms with Crippen molar-refractivity contribution in [1.82, 2.24) is 14.3 Å². The van der Waals surface area contributed by atoms with Crippen molar-refractivity contribution in [2.75, 3.05) is 6.54 Å². The lowest BCUT2D eigenvalue weighted by atomic mass is 10.2. The minimum atomic E-state index is -3.41. The van der Waals surface area contributed by atoms with Crippen LogP contribution in [0.15, 0.2) is 41.6 Å². The first-order chi connectivity index (χ1) is 9.49. The van der Waals surface area contributed by atoms with Gasteiger partial charge >= 0.3 is 0 Å². The molecule has 0 unspecified atom stereocenters. The Hall–Kier alpha value is -1.66. The molecule has 20 heavy (non-hydrogen) atoms. The predicted molar refractivity (Wildman–Crippen MR) is 77.9 cm³/mol. The maximum atomic E-state index is 12.0. The number of hydrogen-bond donors (Lipinski definition) is 1. The van der Waals surface area contributed by atoms with Crippen molar-refractivity contribution in [3.63, 3.8) is 0 Å². The fourth-order valence-corrected chi connectivity index (χ4v) is 2.97. The molecule has 5 nitrogen and oxygen atoms in total. The SMILES string of the molecule is Cc1ccc(S(=O)(=O)NCCCc2nccn2C)cc1. The molecule has 0 saturated carbocycles. The zero-order valence-electron chi connectivity index (χ0n) is 11.7. The van der Waals surface area contributed by atoms with Crippen LogP contribution in [-0.4, -0.2) is 24.5 Å². The summed E-state index contributed by atoms with van der Waals surface area (Å²) >= 11 is 0. The van der Waals surface area contributed by atoms with Gasteiger partial charge in [-0.25, -0.2) is 18.1 Å². The minimum Gasteiger partial charge on any atom is -0.338 e. The van der Waals surface area contributed by atoms with Crippen molar-refractivity contribution in [3.8, 4) is 0 Å². The Bertz CT molecular complexity index is 660. The number of sulfonamides is 1. The third kappa shape index (κ3) is 3.68. The van der Waals surface area contributed by atoms with E-state index in [1.54, 1.807) is 30.5 Å². The first-order valence-electron chi connectivity index (χ1n) is 6.51. The van der Waals surface area contributed by atoms with Gasteiger partial charge in [0.1, 0.15) is 5.82 Å². The molecule has 2 rings (SSSR count). The van der Waals surface area contributed by atoms with Crippen LogP contribution >= 0.6 is 0 Å². The number of hydrogen-bond acceptors (Lipinski definition) is 3. The predicted octanol–water partition coefficient (Wildman–Crippen LogP) is 1.64. The number of aromatic nitrogens is 2. The molecule has 1 N–H and O–H groups in total. The Morgan fingerprint density at radius 3 is 2.55 bits per heavy atom. The number of nitrogens with one attached hydrogen (secondary N) is 1. The minimum absolute atomic E-state index is 0.306. The maximum absolute atomic E-state index is 12.0. The second-order valence-corrected chi connectivity index (χ2v) is 6.54. The highest BCUT2D eigenvalue weighted by Crippen LogP contribution is 2.09. The van der Waals surface area contributed by atoms with Crippen LogP contribution in [0.1, 0.15) is 17.8 Å². The Labute approximate surface area is 119 Å². The van der Waals surface area contributed by atoms with Crippen molar-refractivity contribution >= 4 is 10.0 Å². The number of rotatable bonds is 6. The molecule has 2 aromatic rings. The molecule has 1 aromatic carbocycles. The van der Waals surface area contributed by atoms with Crippen molar-refractivity contribution < 1.29 is 8.42 Å². The Morgan fingerprint density at radius 1 is 1.25 bits per heavy atom. The van der Waals surface area contributed by atoms with Crippen LogP contribution in [0.2, 0.25) is 0 Å². The van der Waals surface area contributed by atoms with E-state index in [2.05, 4.69) is 9.71 Å². The van der Waals surface area contributed by atoms with Gasteiger partial charge in [-0.2, -0.15) is 0 Å². The number of benzene rings is 1. The summed E-state index contributed by atoms with van der Waals surface area (Å²) in [6, 6.07) is 6.83. The first-order valence-corrected chi connectivity index (χ1v) is 8.00. The molecule has 0 fully saturated rings. The van der Waals surface area contributed by atoms with Crippen LogP contribution in [0.3, 0.4) is 0 Å². The molecule has 1 aromatic heterocycles. The molecule has 108 valence electrons. The zero-order chi connectivity index (χ0) is 14.6. The molecule has 0 saturated heterocycles. The van der Waals surface area contributed by atoms with Crippen LogP contribution in [0, 0.1) is 6.92 Å². The van der Waals surface area contributed by atoms with Gasteiger partial charge in [0.25, 0.3) is 0 Å². The highest BCUT2D eigenvalue weighted by atomic mass is 32.2. The average molecular weight is 293 g/mol.